The Labute approximate surface area is 147 Å². The number of hydrogen-bond acceptors (Lipinski definition) is 6. The molecular weight excluding hydrogens is 324 g/mol. The lowest BCUT2D eigenvalue weighted by Gasteiger charge is -2.19. The fraction of sp³-hybridized carbons (Fsp3) is 0.529. The number of carbonyl (C=O) groups excluding carboxylic acids is 1. The summed E-state index contributed by atoms with van der Waals surface area (Å²) in [4.78, 5) is 11.6. The van der Waals surface area contributed by atoms with Crippen molar-refractivity contribution in [3.05, 3.63) is 30.3 Å². The lowest BCUT2D eigenvalue weighted by molar-refractivity contribution is -0.154. The second kappa shape index (κ2) is 8.82. The van der Waals surface area contributed by atoms with Crippen molar-refractivity contribution in [1.82, 2.24) is 20.2 Å². The van der Waals surface area contributed by atoms with Gasteiger partial charge >= 0.3 is 5.97 Å². The van der Waals surface area contributed by atoms with Crippen molar-refractivity contribution in [2.45, 2.75) is 57.2 Å². The van der Waals surface area contributed by atoms with Crippen LogP contribution < -0.4 is 0 Å². The standard InChI is InChI=1S/C17H24N4O2S/c1-17(2,3)23-15(22)12-8-5-9-13-24-16-18-19-20-21(16)14-10-6-4-7-11-14/h4,6-7,10-11H,5,8-9,12-13H2,1-3H3. The summed E-state index contributed by atoms with van der Waals surface area (Å²) in [5, 5.41) is 12.6. The van der Waals surface area contributed by atoms with Gasteiger partial charge in [0.05, 0.1) is 5.69 Å². The first kappa shape index (κ1) is 18.4. The third-order valence-electron chi connectivity index (χ3n) is 3.12. The van der Waals surface area contributed by atoms with Gasteiger partial charge in [-0.2, -0.15) is 4.68 Å². The highest BCUT2D eigenvalue weighted by molar-refractivity contribution is 7.99. The highest BCUT2D eigenvalue weighted by Crippen LogP contribution is 2.20. The molecule has 0 radical (unpaired) electrons. The summed E-state index contributed by atoms with van der Waals surface area (Å²) < 4.78 is 7.04. The van der Waals surface area contributed by atoms with E-state index in [1.54, 1.807) is 16.4 Å². The van der Waals surface area contributed by atoms with Gasteiger partial charge in [-0.1, -0.05) is 36.4 Å². The molecule has 0 aliphatic carbocycles. The maximum atomic E-state index is 11.6. The number of hydrogen-bond donors (Lipinski definition) is 0. The molecule has 1 heterocycles. The number of rotatable bonds is 8. The van der Waals surface area contributed by atoms with Gasteiger partial charge in [0.1, 0.15) is 5.60 Å². The van der Waals surface area contributed by atoms with Gasteiger partial charge in [0, 0.05) is 12.2 Å². The normalized spacial score (nSPS) is 11.5. The Morgan fingerprint density at radius 1 is 1.17 bits per heavy atom. The number of ether oxygens (including phenoxy) is 1. The third kappa shape index (κ3) is 6.31. The van der Waals surface area contributed by atoms with Crippen LogP contribution in [0.15, 0.2) is 35.5 Å². The Balaban J connectivity index is 1.67. The van der Waals surface area contributed by atoms with Gasteiger partial charge in [0.25, 0.3) is 0 Å². The van der Waals surface area contributed by atoms with E-state index in [0.717, 1.165) is 35.9 Å². The van der Waals surface area contributed by atoms with Crippen LogP contribution in [0.1, 0.15) is 46.5 Å². The third-order valence-corrected chi connectivity index (χ3v) is 4.12. The van der Waals surface area contributed by atoms with Crippen molar-refractivity contribution in [2.24, 2.45) is 0 Å². The second-order valence-corrected chi connectivity index (χ2v) is 7.52. The van der Waals surface area contributed by atoms with Crippen LogP contribution in [-0.4, -0.2) is 37.5 Å². The van der Waals surface area contributed by atoms with Crippen molar-refractivity contribution in [1.29, 1.82) is 0 Å². The fourth-order valence-corrected chi connectivity index (χ4v) is 2.99. The first-order valence-electron chi connectivity index (χ1n) is 8.14. The molecule has 0 unspecified atom stereocenters. The molecule has 2 aromatic rings. The summed E-state index contributed by atoms with van der Waals surface area (Å²) in [6, 6.07) is 9.83. The van der Waals surface area contributed by atoms with Crippen LogP contribution >= 0.6 is 11.8 Å². The Kier molecular flexibility index (Phi) is 6.78. The van der Waals surface area contributed by atoms with Crippen molar-refractivity contribution in [3.8, 4) is 5.69 Å². The molecule has 1 aromatic heterocycles. The van der Waals surface area contributed by atoms with Crippen LogP contribution in [-0.2, 0) is 9.53 Å². The van der Waals surface area contributed by atoms with Gasteiger partial charge in [-0.05, 0) is 56.2 Å². The molecule has 7 heteroatoms. The number of esters is 1. The lowest BCUT2D eigenvalue weighted by Crippen LogP contribution is -2.23. The SMILES string of the molecule is CC(C)(C)OC(=O)CCCCCSc1nnnn1-c1ccccc1. The van der Waals surface area contributed by atoms with Gasteiger partial charge in [-0.3, -0.25) is 4.79 Å². The number of aromatic nitrogens is 4. The number of nitrogens with zero attached hydrogens (tertiary/aromatic N) is 4. The quantitative estimate of drug-likeness (QED) is 0.412. The topological polar surface area (TPSA) is 69.9 Å². The van der Waals surface area contributed by atoms with Crippen LogP contribution in [0.4, 0.5) is 0 Å². The monoisotopic (exact) mass is 348 g/mol. The summed E-state index contributed by atoms with van der Waals surface area (Å²) in [7, 11) is 0. The average Bonchev–Trinajstić information content (AvgIpc) is 2.98. The molecule has 0 aliphatic rings. The van der Waals surface area contributed by atoms with E-state index in [0.29, 0.717) is 6.42 Å². The molecule has 0 amide bonds. The molecule has 0 saturated heterocycles. The van der Waals surface area contributed by atoms with Gasteiger partial charge in [0.15, 0.2) is 0 Å². The highest BCUT2D eigenvalue weighted by Gasteiger charge is 2.15. The molecule has 0 bridgehead atoms. The zero-order valence-corrected chi connectivity index (χ0v) is 15.3. The van der Waals surface area contributed by atoms with Crippen LogP contribution in [0.3, 0.4) is 0 Å². The second-order valence-electron chi connectivity index (χ2n) is 6.45. The largest absolute Gasteiger partial charge is 0.460 e. The van der Waals surface area contributed by atoms with E-state index < -0.39 is 5.60 Å². The van der Waals surface area contributed by atoms with E-state index in [-0.39, 0.29) is 5.97 Å². The zero-order chi connectivity index (χ0) is 17.4. The highest BCUT2D eigenvalue weighted by atomic mass is 32.2. The van der Waals surface area contributed by atoms with Crippen molar-refractivity contribution in [3.63, 3.8) is 0 Å². The Bertz CT molecular complexity index is 638. The number of carbonyl (C=O) groups is 1. The van der Waals surface area contributed by atoms with Gasteiger partial charge in [0.2, 0.25) is 5.16 Å². The van der Waals surface area contributed by atoms with E-state index in [9.17, 15) is 4.79 Å². The smallest absolute Gasteiger partial charge is 0.306 e. The minimum absolute atomic E-state index is 0.122. The Hall–Kier alpha value is -1.89. The van der Waals surface area contributed by atoms with Crippen molar-refractivity contribution >= 4 is 17.7 Å². The summed E-state index contributed by atoms with van der Waals surface area (Å²) in [6.45, 7) is 5.66. The van der Waals surface area contributed by atoms with Gasteiger partial charge in [-0.15, -0.1) is 5.10 Å². The molecule has 0 saturated carbocycles. The summed E-state index contributed by atoms with van der Waals surface area (Å²) in [6.07, 6.45) is 3.32. The van der Waals surface area contributed by atoms with E-state index in [4.69, 9.17) is 4.74 Å². The molecule has 0 spiro atoms. The summed E-state index contributed by atoms with van der Waals surface area (Å²) in [5.74, 6) is 0.796. The van der Waals surface area contributed by atoms with E-state index in [1.807, 2.05) is 51.1 Å². The molecule has 0 aliphatic heterocycles. The summed E-state index contributed by atoms with van der Waals surface area (Å²) >= 11 is 1.63. The maximum Gasteiger partial charge on any atom is 0.306 e. The van der Waals surface area contributed by atoms with Gasteiger partial charge < -0.3 is 4.74 Å². The van der Waals surface area contributed by atoms with E-state index in [2.05, 4.69) is 15.5 Å². The molecule has 1 aromatic carbocycles. The summed E-state index contributed by atoms with van der Waals surface area (Å²) in [5.41, 5.74) is 0.552. The van der Waals surface area contributed by atoms with Crippen LogP contribution in [0.2, 0.25) is 0 Å². The molecule has 24 heavy (non-hydrogen) atoms. The van der Waals surface area contributed by atoms with Crippen LogP contribution in [0.5, 0.6) is 0 Å². The Morgan fingerprint density at radius 3 is 2.62 bits per heavy atom. The molecular formula is C17H24N4O2S. The number of unbranched alkanes of at least 4 members (excludes halogenated alkanes) is 2. The number of benzene rings is 1. The van der Waals surface area contributed by atoms with Crippen molar-refractivity contribution in [2.75, 3.05) is 5.75 Å². The Morgan fingerprint density at radius 2 is 1.92 bits per heavy atom. The molecule has 130 valence electrons. The predicted molar refractivity (Wildman–Crippen MR) is 94.2 cm³/mol. The molecule has 0 fully saturated rings. The zero-order valence-electron chi connectivity index (χ0n) is 14.4. The van der Waals surface area contributed by atoms with E-state index in [1.165, 1.54) is 0 Å². The molecule has 6 nitrogen and oxygen atoms in total. The first-order chi connectivity index (χ1) is 11.5. The van der Waals surface area contributed by atoms with Crippen molar-refractivity contribution < 1.29 is 9.53 Å². The molecule has 0 atom stereocenters. The van der Waals surface area contributed by atoms with Crippen LogP contribution in [0.25, 0.3) is 5.69 Å². The number of thioether (sulfide) groups is 1. The number of para-hydroxylation sites is 1. The minimum Gasteiger partial charge on any atom is -0.460 e. The maximum absolute atomic E-state index is 11.6. The average molecular weight is 348 g/mol. The minimum atomic E-state index is -0.401. The molecule has 0 N–H and O–H groups in total. The molecule has 2 rings (SSSR count). The fourth-order valence-electron chi connectivity index (χ4n) is 2.10. The van der Waals surface area contributed by atoms with Gasteiger partial charge in [-0.25, -0.2) is 0 Å². The number of tetrazole rings is 1. The first-order valence-corrected chi connectivity index (χ1v) is 9.13. The van der Waals surface area contributed by atoms with E-state index >= 15 is 0 Å². The lowest BCUT2D eigenvalue weighted by atomic mass is 10.2. The predicted octanol–water partition coefficient (Wildman–Crippen LogP) is 3.66. The van der Waals surface area contributed by atoms with Crippen LogP contribution in [0, 0.1) is 0 Å².